The van der Waals surface area contributed by atoms with Crippen LogP contribution >= 0.6 is 11.6 Å². The van der Waals surface area contributed by atoms with Crippen LogP contribution < -0.4 is 5.73 Å². The summed E-state index contributed by atoms with van der Waals surface area (Å²) in [6.07, 6.45) is -4.26. The van der Waals surface area contributed by atoms with Crippen LogP contribution in [0.15, 0.2) is 23.1 Å². The predicted molar refractivity (Wildman–Crippen MR) is 90.1 cm³/mol. The summed E-state index contributed by atoms with van der Waals surface area (Å²) >= 11 is 5.54. The largest absolute Gasteiger partial charge is 0.417 e. The summed E-state index contributed by atoms with van der Waals surface area (Å²) in [4.78, 5) is 12.7. The minimum atomic E-state index is -4.75. The highest BCUT2D eigenvalue weighted by atomic mass is 35.5. The van der Waals surface area contributed by atoms with Crippen LogP contribution in [0.3, 0.4) is 0 Å². The number of halogens is 4. The molecule has 1 amide bonds. The molecule has 6 nitrogen and oxygen atoms in total. The highest BCUT2D eigenvalue weighted by molar-refractivity contribution is 7.89. The molecule has 2 N–H and O–H groups in total. The van der Waals surface area contributed by atoms with Crippen molar-refractivity contribution in [2.45, 2.75) is 30.5 Å². The van der Waals surface area contributed by atoms with Crippen LogP contribution in [0.4, 0.5) is 13.2 Å². The third-order valence-corrected chi connectivity index (χ3v) is 6.53. The van der Waals surface area contributed by atoms with Crippen LogP contribution in [0.2, 0.25) is 5.02 Å². The fraction of sp³-hybridized carbons (Fsp3) is 0.533. The first kappa shape index (κ1) is 20.9. The SMILES string of the molecule is CCC(C(N)=O)N1CCN(S(=O)(=O)c2ccc(Cl)c(C(F)(F)F)c2)CC1. The van der Waals surface area contributed by atoms with Crippen molar-refractivity contribution in [3.8, 4) is 0 Å². The van der Waals surface area contributed by atoms with Crippen LogP contribution in [0.25, 0.3) is 0 Å². The lowest BCUT2D eigenvalue weighted by Crippen LogP contribution is -2.54. The second-order valence-electron chi connectivity index (χ2n) is 5.91. The number of carbonyl (C=O) groups is 1. The van der Waals surface area contributed by atoms with Crippen LogP contribution in [-0.4, -0.2) is 55.8 Å². The molecule has 0 aromatic heterocycles. The second-order valence-corrected chi connectivity index (χ2v) is 8.25. The monoisotopic (exact) mass is 413 g/mol. The van der Waals surface area contributed by atoms with Gasteiger partial charge in [0.15, 0.2) is 0 Å². The van der Waals surface area contributed by atoms with Gasteiger partial charge in [-0.05, 0) is 24.6 Å². The van der Waals surface area contributed by atoms with Crippen molar-refractivity contribution in [3.05, 3.63) is 28.8 Å². The van der Waals surface area contributed by atoms with Crippen LogP contribution in [0.5, 0.6) is 0 Å². The Morgan fingerprint density at radius 1 is 1.27 bits per heavy atom. The molecule has 0 aliphatic carbocycles. The topological polar surface area (TPSA) is 83.7 Å². The van der Waals surface area contributed by atoms with Gasteiger partial charge in [0, 0.05) is 26.2 Å². The van der Waals surface area contributed by atoms with Gasteiger partial charge in [-0.3, -0.25) is 9.69 Å². The van der Waals surface area contributed by atoms with Crippen molar-refractivity contribution in [2.24, 2.45) is 5.73 Å². The first-order valence-electron chi connectivity index (χ1n) is 7.88. The van der Waals surface area contributed by atoms with Gasteiger partial charge in [-0.15, -0.1) is 0 Å². The summed E-state index contributed by atoms with van der Waals surface area (Å²) < 4.78 is 65.3. The number of sulfonamides is 1. The Kier molecular flexibility index (Phi) is 6.21. The molecule has 1 saturated heterocycles. The highest BCUT2D eigenvalue weighted by Gasteiger charge is 2.36. The molecule has 26 heavy (non-hydrogen) atoms. The third kappa shape index (κ3) is 4.30. The predicted octanol–water partition coefficient (Wildman–Crippen LogP) is 1.93. The molecule has 1 aromatic rings. The Morgan fingerprint density at radius 3 is 2.31 bits per heavy atom. The maximum absolute atomic E-state index is 13.0. The van der Waals surface area contributed by atoms with Gasteiger partial charge in [0.25, 0.3) is 0 Å². The summed E-state index contributed by atoms with van der Waals surface area (Å²) in [5, 5.41) is -0.562. The molecule has 1 heterocycles. The third-order valence-electron chi connectivity index (χ3n) is 4.31. The maximum Gasteiger partial charge on any atom is 0.417 e. The number of primary amides is 1. The zero-order valence-electron chi connectivity index (χ0n) is 14.0. The molecule has 0 spiro atoms. The average Bonchev–Trinajstić information content (AvgIpc) is 2.54. The molecule has 11 heteroatoms. The van der Waals surface area contributed by atoms with E-state index < -0.39 is 43.6 Å². The van der Waals surface area contributed by atoms with Crippen molar-refractivity contribution >= 4 is 27.5 Å². The molecule has 0 bridgehead atoms. The number of hydrogen-bond donors (Lipinski definition) is 1. The van der Waals surface area contributed by atoms with E-state index in [1.807, 2.05) is 0 Å². The lowest BCUT2D eigenvalue weighted by atomic mass is 10.1. The Balaban J connectivity index is 2.21. The van der Waals surface area contributed by atoms with Crippen molar-refractivity contribution < 1.29 is 26.4 Å². The van der Waals surface area contributed by atoms with E-state index in [9.17, 15) is 26.4 Å². The van der Waals surface area contributed by atoms with Gasteiger partial charge in [-0.1, -0.05) is 18.5 Å². The number of amides is 1. The van der Waals surface area contributed by atoms with E-state index in [1.165, 1.54) is 0 Å². The van der Waals surface area contributed by atoms with Crippen LogP contribution in [0.1, 0.15) is 18.9 Å². The van der Waals surface area contributed by atoms with E-state index in [0.717, 1.165) is 16.4 Å². The zero-order valence-corrected chi connectivity index (χ0v) is 15.5. The number of piperazine rings is 1. The fourth-order valence-electron chi connectivity index (χ4n) is 2.93. The lowest BCUT2D eigenvalue weighted by molar-refractivity contribution is -0.137. The van der Waals surface area contributed by atoms with E-state index in [4.69, 9.17) is 17.3 Å². The van der Waals surface area contributed by atoms with Crippen LogP contribution in [0, 0.1) is 0 Å². The van der Waals surface area contributed by atoms with Crippen molar-refractivity contribution in [3.63, 3.8) is 0 Å². The van der Waals surface area contributed by atoms with Gasteiger partial charge in [-0.2, -0.15) is 17.5 Å². The molecule has 2 rings (SSSR count). The van der Waals surface area contributed by atoms with Crippen molar-refractivity contribution in [1.29, 1.82) is 0 Å². The molecular formula is C15H19ClF3N3O3S. The molecule has 0 radical (unpaired) electrons. The first-order chi connectivity index (χ1) is 12.0. The van der Waals surface area contributed by atoms with E-state index in [1.54, 1.807) is 11.8 Å². The number of nitrogens with two attached hydrogens (primary N) is 1. The minimum absolute atomic E-state index is 0.0517. The fourth-order valence-corrected chi connectivity index (χ4v) is 4.60. The quantitative estimate of drug-likeness (QED) is 0.799. The van der Waals surface area contributed by atoms with Crippen molar-refractivity contribution in [1.82, 2.24) is 9.21 Å². The summed E-state index contributed by atoms with van der Waals surface area (Å²) in [5.41, 5.74) is 4.13. The summed E-state index contributed by atoms with van der Waals surface area (Å²) in [7, 11) is -4.11. The van der Waals surface area contributed by atoms with Gasteiger partial charge in [-0.25, -0.2) is 8.42 Å². The number of alkyl halides is 3. The van der Waals surface area contributed by atoms with Gasteiger partial charge >= 0.3 is 6.18 Å². The maximum atomic E-state index is 13.0. The van der Waals surface area contributed by atoms with Crippen LogP contribution in [-0.2, 0) is 21.0 Å². The number of rotatable bonds is 5. The molecular weight excluding hydrogens is 395 g/mol. The number of carbonyl (C=O) groups excluding carboxylic acids is 1. The summed E-state index contributed by atoms with van der Waals surface area (Å²) in [6, 6.07) is 2.03. The second kappa shape index (κ2) is 7.71. The Bertz CT molecular complexity index is 778. The zero-order chi connectivity index (χ0) is 19.7. The lowest BCUT2D eigenvalue weighted by Gasteiger charge is -2.37. The highest BCUT2D eigenvalue weighted by Crippen LogP contribution is 2.36. The molecule has 0 saturated carbocycles. The molecule has 1 atom stereocenters. The Morgan fingerprint density at radius 2 is 1.85 bits per heavy atom. The van der Waals surface area contributed by atoms with Gasteiger partial charge in [0.05, 0.1) is 21.5 Å². The normalized spacial score (nSPS) is 18.7. The van der Waals surface area contributed by atoms with Gasteiger partial charge < -0.3 is 5.73 Å². The first-order valence-corrected chi connectivity index (χ1v) is 9.70. The van der Waals surface area contributed by atoms with E-state index in [-0.39, 0.29) is 26.2 Å². The summed E-state index contributed by atoms with van der Waals surface area (Å²) in [6.45, 7) is 2.43. The molecule has 1 aromatic carbocycles. The molecule has 1 unspecified atom stereocenters. The Hall–Kier alpha value is -1.36. The van der Waals surface area contributed by atoms with E-state index in [2.05, 4.69) is 0 Å². The van der Waals surface area contributed by atoms with E-state index >= 15 is 0 Å². The number of hydrogen-bond acceptors (Lipinski definition) is 4. The smallest absolute Gasteiger partial charge is 0.368 e. The van der Waals surface area contributed by atoms with Gasteiger partial charge in [0.2, 0.25) is 15.9 Å². The van der Waals surface area contributed by atoms with Gasteiger partial charge in [0.1, 0.15) is 0 Å². The minimum Gasteiger partial charge on any atom is -0.368 e. The molecule has 1 fully saturated rings. The molecule has 1 aliphatic heterocycles. The summed E-state index contributed by atoms with van der Waals surface area (Å²) in [5.74, 6) is -0.490. The van der Waals surface area contributed by atoms with Crippen molar-refractivity contribution in [2.75, 3.05) is 26.2 Å². The van der Waals surface area contributed by atoms with E-state index in [0.29, 0.717) is 12.5 Å². The molecule has 1 aliphatic rings. The molecule has 146 valence electrons. The standard InChI is InChI=1S/C15H19ClF3N3O3S/c1-2-13(14(20)23)21-5-7-22(8-6-21)26(24,25)10-3-4-12(16)11(9-10)15(17,18)19/h3-4,9,13H,2,5-8H2,1H3,(H2,20,23). The Labute approximate surface area is 154 Å². The number of benzene rings is 1. The number of nitrogens with zero attached hydrogens (tertiary/aromatic N) is 2. The average molecular weight is 414 g/mol.